The van der Waals surface area contributed by atoms with E-state index in [0.29, 0.717) is 30.5 Å². The first kappa shape index (κ1) is 19.5. The summed E-state index contributed by atoms with van der Waals surface area (Å²) in [6, 6.07) is 12.2. The maximum Gasteiger partial charge on any atom is 0.338 e. The van der Waals surface area contributed by atoms with Gasteiger partial charge in [-0.25, -0.2) is 4.79 Å². The number of hydrogen-bond acceptors (Lipinski definition) is 6. The average molecular weight is 385 g/mol. The minimum absolute atomic E-state index is 0.0806. The van der Waals surface area contributed by atoms with Crippen molar-refractivity contribution in [3.8, 4) is 17.2 Å². The van der Waals surface area contributed by atoms with Crippen molar-refractivity contribution in [3.05, 3.63) is 48.0 Å². The molecule has 1 amide bonds. The van der Waals surface area contributed by atoms with E-state index >= 15 is 0 Å². The highest BCUT2D eigenvalue weighted by atomic mass is 16.6. The zero-order valence-electron chi connectivity index (χ0n) is 16.1. The number of esters is 1. The number of ether oxygens (including phenoxy) is 4. The Bertz CT molecular complexity index is 832. The van der Waals surface area contributed by atoms with Crippen LogP contribution in [-0.4, -0.2) is 44.8 Å². The fourth-order valence-electron chi connectivity index (χ4n) is 2.99. The Labute approximate surface area is 163 Å². The van der Waals surface area contributed by atoms with Crippen molar-refractivity contribution in [2.45, 2.75) is 19.9 Å². The van der Waals surface area contributed by atoms with Crippen LogP contribution in [-0.2, 0) is 9.53 Å². The van der Waals surface area contributed by atoms with Gasteiger partial charge in [0, 0.05) is 11.7 Å². The number of fused-ring (bicyclic) bond motifs is 1. The van der Waals surface area contributed by atoms with Crippen LogP contribution in [0.25, 0.3) is 0 Å². The lowest BCUT2D eigenvalue weighted by Gasteiger charge is -2.26. The van der Waals surface area contributed by atoms with Gasteiger partial charge in [0.15, 0.2) is 18.1 Å². The normalized spacial score (nSPS) is 12.4. The Balaban J connectivity index is 1.72. The van der Waals surface area contributed by atoms with Gasteiger partial charge < -0.3 is 23.8 Å². The molecule has 0 radical (unpaired) electrons. The van der Waals surface area contributed by atoms with E-state index in [1.54, 1.807) is 4.90 Å². The van der Waals surface area contributed by atoms with E-state index in [1.165, 1.54) is 19.2 Å². The average Bonchev–Trinajstić information content (AvgIpc) is 2.71. The van der Waals surface area contributed by atoms with Crippen LogP contribution in [0.1, 0.15) is 24.2 Å². The molecule has 7 heteroatoms. The van der Waals surface area contributed by atoms with Gasteiger partial charge >= 0.3 is 5.97 Å². The van der Waals surface area contributed by atoms with Crippen LogP contribution in [0.2, 0.25) is 0 Å². The Kier molecular flexibility index (Phi) is 6.03. The third-order valence-corrected chi connectivity index (χ3v) is 4.21. The molecule has 0 unspecified atom stereocenters. The molecule has 1 aliphatic heterocycles. The minimum Gasteiger partial charge on any atom is -0.493 e. The number of hydrogen-bond donors (Lipinski definition) is 0. The standard InChI is InChI=1S/C21H23NO6/c1-14(2)22(16-7-5-4-6-8-16)19(23)13-28-21(24)15-11-17(25-3)20-18(12-15)26-9-10-27-20/h4-8,11-12,14H,9-10,13H2,1-3H3. The van der Waals surface area contributed by atoms with Crippen LogP contribution in [0.4, 0.5) is 5.69 Å². The van der Waals surface area contributed by atoms with E-state index in [1.807, 2.05) is 44.2 Å². The highest BCUT2D eigenvalue weighted by molar-refractivity contribution is 5.97. The number of anilines is 1. The van der Waals surface area contributed by atoms with Gasteiger partial charge in [-0.05, 0) is 38.1 Å². The summed E-state index contributed by atoms with van der Waals surface area (Å²) in [5.74, 6) is 0.302. The predicted octanol–water partition coefficient (Wildman–Crippen LogP) is 3.06. The van der Waals surface area contributed by atoms with Gasteiger partial charge in [-0.1, -0.05) is 18.2 Å². The molecule has 28 heavy (non-hydrogen) atoms. The van der Waals surface area contributed by atoms with Crippen molar-refractivity contribution >= 4 is 17.6 Å². The van der Waals surface area contributed by atoms with Gasteiger partial charge in [0.1, 0.15) is 13.2 Å². The summed E-state index contributed by atoms with van der Waals surface area (Å²) in [6.45, 7) is 4.22. The van der Waals surface area contributed by atoms with Crippen LogP contribution < -0.4 is 19.1 Å². The Morgan fingerprint density at radius 3 is 2.50 bits per heavy atom. The molecule has 0 saturated carbocycles. The number of nitrogens with zero attached hydrogens (tertiary/aromatic N) is 1. The second kappa shape index (κ2) is 8.65. The van der Waals surface area contributed by atoms with E-state index < -0.39 is 5.97 Å². The Hall–Kier alpha value is -3.22. The monoisotopic (exact) mass is 385 g/mol. The summed E-state index contributed by atoms with van der Waals surface area (Å²) < 4.78 is 21.6. The van der Waals surface area contributed by atoms with Crippen molar-refractivity contribution in [2.24, 2.45) is 0 Å². The predicted molar refractivity (Wildman–Crippen MR) is 103 cm³/mol. The van der Waals surface area contributed by atoms with Crippen molar-refractivity contribution < 1.29 is 28.5 Å². The molecule has 148 valence electrons. The van der Waals surface area contributed by atoms with Gasteiger partial charge in [-0.15, -0.1) is 0 Å². The molecule has 0 fully saturated rings. The second-order valence-corrected chi connectivity index (χ2v) is 6.47. The number of methoxy groups -OCH3 is 1. The molecule has 0 bridgehead atoms. The third kappa shape index (κ3) is 4.19. The summed E-state index contributed by atoms with van der Waals surface area (Å²) in [5.41, 5.74) is 0.976. The zero-order chi connectivity index (χ0) is 20.1. The summed E-state index contributed by atoms with van der Waals surface area (Å²) in [5, 5.41) is 0. The largest absolute Gasteiger partial charge is 0.493 e. The molecular weight excluding hydrogens is 362 g/mol. The van der Waals surface area contributed by atoms with Crippen molar-refractivity contribution in [1.82, 2.24) is 0 Å². The van der Waals surface area contributed by atoms with Crippen LogP contribution in [0, 0.1) is 0 Å². The van der Waals surface area contributed by atoms with Crippen LogP contribution >= 0.6 is 0 Å². The van der Waals surface area contributed by atoms with Crippen molar-refractivity contribution in [3.63, 3.8) is 0 Å². The Morgan fingerprint density at radius 1 is 1.11 bits per heavy atom. The summed E-state index contributed by atoms with van der Waals surface area (Å²) >= 11 is 0. The molecule has 0 spiro atoms. The number of carbonyl (C=O) groups is 2. The van der Waals surface area contributed by atoms with Crippen molar-refractivity contribution in [1.29, 1.82) is 0 Å². The summed E-state index contributed by atoms with van der Waals surface area (Å²) in [4.78, 5) is 26.7. The molecule has 1 aliphatic rings. The van der Waals surface area contributed by atoms with E-state index in [-0.39, 0.29) is 24.1 Å². The summed E-state index contributed by atoms with van der Waals surface area (Å²) in [6.07, 6.45) is 0. The molecule has 0 atom stereocenters. The number of benzene rings is 2. The maximum atomic E-state index is 12.7. The first-order valence-corrected chi connectivity index (χ1v) is 9.03. The first-order valence-electron chi connectivity index (χ1n) is 9.03. The first-order chi connectivity index (χ1) is 13.5. The van der Waals surface area contributed by atoms with Gasteiger partial charge in [0.05, 0.1) is 12.7 Å². The highest BCUT2D eigenvalue weighted by Gasteiger charge is 2.24. The van der Waals surface area contributed by atoms with Crippen molar-refractivity contribution in [2.75, 3.05) is 31.8 Å². The number of amides is 1. The van der Waals surface area contributed by atoms with Crippen LogP contribution in [0.5, 0.6) is 17.2 Å². The van der Waals surface area contributed by atoms with E-state index in [0.717, 1.165) is 5.69 Å². The molecule has 3 rings (SSSR count). The molecule has 0 aromatic heterocycles. The smallest absolute Gasteiger partial charge is 0.338 e. The van der Waals surface area contributed by atoms with Crippen LogP contribution in [0.15, 0.2) is 42.5 Å². The lowest BCUT2D eigenvalue weighted by atomic mass is 10.1. The highest BCUT2D eigenvalue weighted by Crippen LogP contribution is 2.40. The van der Waals surface area contributed by atoms with Gasteiger partial charge in [0.25, 0.3) is 5.91 Å². The molecular formula is C21H23NO6. The number of para-hydroxylation sites is 1. The van der Waals surface area contributed by atoms with Gasteiger partial charge in [0.2, 0.25) is 5.75 Å². The molecule has 7 nitrogen and oxygen atoms in total. The zero-order valence-corrected chi connectivity index (χ0v) is 16.1. The van der Waals surface area contributed by atoms with E-state index in [2.05, 4.69) is 0 Å². The molecule has 0 aliphatic carbocycles. The molecule has 0 saturated heterocycles. The topological polar surface area (TPSA) is 74.3 Å². The van der Waals surface area contributed by atoms with E-state index in [4.69, 9.17) is 18.9 Å². The Morgan fingerprint density at radius 2 is 1.82 bits per heavy atom. The second-order valence-electron chi connectivity index (χ2n) is 6.47. The quantitative estimate of drug-likeness (QED) is 0.712. The summed E-state index contributed by atoms with van der Waals surface area (Å²) in [7, 11) is 1.48. The molecule has 2 aromatic rings. The fraction of sp³-hybridized carbons (Fsp3) is 0.333. The lowest BCUT2D eigenvalue weighted by Crippen LogP contribution is -2.39. The van der Waals surface area contributed by atoms with E-state index in [9.17, 15) is 9.59 Å². The lowest BCUT2D eigenvalue weighted by molar-refractivity contribution is -0.122. The number of carbonyl (C=O) groups excluding carboxylic acids is 2. The van der Waals surface area contributed by atoms with Gasteiger partial charge in [-0.2, -0.15) is 0 Å². The maximum absolute atomic E-state index is 12.7. The number of rotatable bonds is 6. The SMILES string of the molecule is COc1cc(C(=O)OCC(=O)N(c2ccccc2)C(C)C)cc2c1OCCO2. The fourth-order valence-corrected chi connectivity index (χ4v) is 2.99. The molecule has 1 heterocycles. The van der Waals surface area contributed by atoms with Crippen LogP contribution in [0.3, 0.4) is 0 Å². The third-order valence-electron chi connectivity index (χ3n) is 4.21. The van der Waals surface area contributed by atoms with Gasteiger partial charge in [-0.3, -0.25) is 4.79 Å². The minimum atomic E-state index is -0.639. The molecule has 0 N–H and O–H groups in total. The molecule has 2 aromatic carbocycles.